The van der Waals surface area contributed by atoms with Crippen LogP contribution in [0.1, 0.15) is 25.7 Å². The molecule has 18 heavy (non-hydrogen) atoms. The van der Waals surface area contributed by atoms with Crippen LogP contribution in [0.15, 0.2) is 0 Å². The Labute approximate surface area is 108 Å². The maximum Gasteiger partial charge on any atom is 0.303 e. The summed E-state index contributed by atoms with van der Waals surface area (Å²) < 4.78 is 0. The number of unbranched alkanes of at least 4 members (excludes halogenated alkanes) is 1. The van der Waals surface area contributed by atoms with Crippen molar-refractivity contribution in [2.45, 2.75) is 25.7 Å². The van der Waals surface area contributed by atoms with Crippen LogP contribution in [0.4, 0.5) is 0 Å². The number of amides is 1. The van der Waals surface area contributed by atoms with E-state index in [1.54, 1.807) is 0 Å². The normalized spacial score (nSPS) is 17.1. The molecule has 0 atom stereocenters. The number of hydrogen-bond acceptors (Lipinski definition) is 4. The maximum atomic E-state index is 11.6. The van der Waals surface area contributed by atoms with Gasteiger partial charge in [0.1, 0.15) is 0 Å². The Morgan fingerprint density at radius 1 is 1.22 bits per heavy atom. The molecule has 1 aliphatic heterocycles. The van der Waals surface area contributed by atoms with Gasteiger partial charge in [0.15, 0.2) is 0 Å². The lowest BCUT2D eigenvalue weighted by Crippen LogP contribution is -2.39. The Bertz CT molecular complexity index is 263. The van der Waals surface area contributed by atoms with E-state index in [0.29, 0.717) is 19.5 Å². The van der Waals surface area contributed by atoms with Gasteiger partial charge in [-0.2, -0.15) is 0 Å². The smallest absolute Gasteiger partial charge is 0.303 e. The van der Waals surface area contributed by atoms with Gasteiger partial charge >= 0.3 is 5.97 Å². The van der Waals surface area contributed by atoms with E-state index >= 15 is 0 Å². The highest BCUT2D eigenvalue weighted by Gasteiger charge is 2.11. The zero-order valence-electron chi connectivity index (χ0n) is 10.8. The summed E-state index contributed by atoms with van der Waals surface area (Å²) in [5.41, 5.74) is 0. The van der Waals surface area contributed by atoms with Crippen LogP contribution < -0.4 is 10.6 Å². The van der Waals surface area contributed by atoms with Crippen molar-refractivity contribution >= 4 is 11.9 Å². The monoisotopic (exact) mass is 257 g/mol. The number of hydrogen-bond donors (Lipinski definition) is 3. The molecule has 1 fully saturated rings. The van der Waals surface area contributed by atoms with Crippen molar-refractivity contribution in [1.29, 1.82) is 0 Å². The lowest BCUT2D eigenvalue weighted by Gasteiger charge is -2.18. The third kappa shape index (κ3) is 7.24. The van der Waals surface area contributed by atoms with Crippen molar-refractivity contribution in [2.24, 2.45) is 0 Å². The van der Waals surface area contributed by atoms with Gasteiger partial charge in [-0.1, -0.05) is 0 Å². The van der Waals surface area contributed by atoms with Crippen molar-refractivity contribution in [3.05, 3.63) is 0 Å². The first-order valence-corrected chi connectivity index (χ1v) is 6.60. The second-order valence-electron chi connectivity index (χ2n) is 4.58. The molecule has 6 heteroatoms. The van der Waals surface area contributed by atoms with Crippen LogP contribution in [0.2, 0.25) is 0 Å². The average Bonchev–Trinajstić information content (AvgIpc) is 2.56. The summed E-state index contributed by atoms with van der Waals surface area (Å²) in [6.07, 6.45) is 2.59. The molecule has 1 aliphatic rings. The largest absolute Gasteiger partial charge is 0.481 e. The van der Waals surface area contributed by atoms with Crippen molar-refractivity contribution in [3.8, 4) is 0 Å². The zero-order valence-corrected chi connectivity index (χ0v) is 10.8. The van der Waals surface area contributed by atoms with Gasteiger partial charge in [0.2, 0.25) is 5.91 Å². The molecular formula is C12H23N3O3. The fourth-order valence-electron chi connectivity index (χ4n) is 1.95. The van der Waals surface area contributed by atoms with Gasteiger partial charge in [-0.05, 0) is 32.4 Å². The highest BCUT2D eigenvalue weighted by atomic mass is 16.4. The van der Waals surface area contributed by atoms with Crippen molar-refractivity contribution in [3.63, 3.8) is 0 Å². The third-order valence-corrected chi connectivity index (χ3v) is 2.94. The Balaban J connectivity index is 2.03. The van der Waals surface area contributed by atoms with Crippen molar-refractivity contribution in [2.75, 3.05) is 39.3 Å². The second-order valence-corrected chi connectivity index (χ2v) is 4.58. The van der Waals surface area contributed by atoms with Gasteiger partial charge in [-0.15, -0.1) is 0 Å². The van der Waals surface area contributed by atoms with Crippen LogP contribution in [-0.2, 0) is 9.59 Å². The van der Waals surface area contributed by atoms with Crippen molar-refractivity contribution < 1.29 is 14.7 Å². The van der Waals surface area contributed by atoms with E-state index in [9.17, 15) is 9.59 Å². The first kappa shape index (κ1) is 14.9. The predicted molar refractivity (Wildman–Crippen MR) is 68.4 cm³/mol. The molecule has 0 aromatic rings. The van der Waals surface area contributed by atoms with E-state index in [1.165, 1.54) is 0 Å². The van der Waals surface area contributed by atoms with Gasteiger partial charge in [-0.25, -0.2) is 0 Å². The minimum atomic E-state index is -0.779. The van der Waals surface area contributed by atoms with E-state index in [-0.39, 0.29) is 12.3 Å². The first-order valence-electron chi connectivity index (χ1n) is 6.60. The quantitative estimate of drug-likeness (QED) is 0.543. The fourth-order valence-corrected chi connectivity index (χ4v) is 1.95. The third-order valence-electron chi connectivity index (χ3n) is 2.94. The highest BCUT2D eigenvalue weighted by Crippen LogP contribution is 1.96. The molecule has 0 aromatic heterocycles. The van der Waals surface area contributed by atoms with Gasteiger partial charge in [0.05, 0.1) is 6.54 Å². The summed E-state index contributed by atoms with van der Waals surface area (Å²) in [6, 6.07) is 0. The number of rotatable bonds is 7. The summed E-state index contributed by atoms with van der Waals surface area (Å²) in [4.78, 5) is 24.1. The number of aliphatic carboxylic acids is 1. The van der Waals surface area contributed by atoms with Crippen LogP contribution >= 0.6 is 0 Å². The van der Waals surface area contributed by atoms with Crippen LogP contribution in [0.25, 0.3) is 0 Å². The van der Waals surface area contributed by atoms with Crippen molar-refractivity contribution in [1.82, 2.24) is 15.5 Å². The Hall–Kier alpha value is -1.14. The number of carboxylic acids is 1. The summed E-state index contributed by atoms with van der Waals surface area (Å²) in [6.45, 7) is 4.84. The summed E-state index contributed by atoms with van der Waals surface area (Å²) in [7, 11) is 0. The highest BCUT2D eigenvalue weighted by molar-refractivity contribution is 5.77. The molecule has 1 amide bonds. The topological polar surface area (TPSA) is 81.7 Å². The van der Waals surface area contributed by atoms with E-state index < -0.39 is 5.97 Å². The Morgan fingerprint density at radius 2 is 2.06 bits per heavy atom. The molecule has 0 aromatic carbocycles. The van der Waals surface area contributed by atoms with Crippen LogP contribution in [0, 0.1) is 0 Å². The van der Waals surface area contributed by atoms with Gasteiger partial charge < -0.3 is 15.7 Å². The molecule has 6 nitrogen and oxygen atoms in total. The first-order chi connectivity index (χ1) is 8.68. The SMILES string of the molecule is O=C(O)CCCCNC(=O)CN1CCCNCC1. The number of carbonyl (C=O) groups is 2. The Morgan fingerprint density at radius 3 is 2.83 bits per heavy atom. The van der Waals surface area contributed by atoms with E-state index in [0.717, 1.165) is 39.0 Å². The van der Waals surface area contributed by atoms with Crippen LogP contribution in [-0.4, -0.2) is 61.2 Å². The van der Waals surface area contributed by atoms with E-state index in [2.05, 4.69) is 15.5 Å². The molecule has 104 valence electrons. The summed E-state index contributed by atoms with van der Waals surface area (Å²) in [5, 5.41) is 14.6. The zero-order chi connectivity index (χ0) is 13.2. The minimum absolute atomic E-state index is 0.0345. The number of carboxylic acid groups (broad SMARTS) is 1. The molecule has 0 unspecified atom stereocenters. The minimum Gasteiger partial charge on any atom is -0.481 e. The molecule has 1 heterocycles. The van der Waals surface area contributed by atoms with Crippen LogP contribution in [0.3, 0.4) is 0 Å². The standard InChI is InChI=1S/C12H23N3O3/c16-11(14-6-2-1-4-12(17)18)10-15-8-3-5-13-7-9-15/h13H,1-10H2,(H,14,16)(H,17,18). The van der Waals surface area contributed by atoms with Gasteiger partial charge in [0.25, 0.3) is 0 Å². The Kier molecular flexibility index (Phi) is 7.36. The fraction of sp³-hybridized carbons (Fsp3) is 0.833. The van der Waals surface area contributed by atoms with E-state index in [4.69, 9.17) is 5.11 Å². The van der Waals surface area contributed by atoms with Gasteiger partial charge in [-0.3, -0.25) is 14.5 Å². The summed E-state index contributed by atoms with van der Waals surface area (Å²) in [5.74, 6) is -0.745. The van der Waals surface area contributed by atoms with E-state index in [1.807, 2.05) is 0 Å². The van der Waals surface area contributed by atoms with Crippen LogP contribution in [0.5, 0.6) is 0 Å². The molecule has 0 saturated carbocycles. The number of carbonyl (C=O) groups excluding carboxylic acids is 1. The number of nitrogens with zero attached hydrogens (tertiary/aromatic N) is 1. The predicted octanol–water partition coefficient (Wildman–Crippen LogP) is -0.347. The molecule has 3 N–H and O–H groups in total. The molecule has 1 rings (SSSR count). The molecule has 0 bridgehead atoms. The molecule has 0 aliphatic carbocycles. The lowest BCUT2D eigenvalue weighted by molar-refractivity contribution is -0.137. The van der Waals surface area contributed by atoms with Gasteiger partial charge in [0, 0.05) is 26.1 Å². The summed E-state index contributed by atoms with van der Waals surface area (Å²) >= 11 is 0. The second kappa shape index (κ2) is 8.88. The lowest BCUT2D eigenvalue weighted by atomic mass is 10.2. The molecule has 1 saturated heterocycles. The number of nitrogens with one attached hydrogen (secondary N) is 2. The average molecular weight is 257 g/mol. The maximum absolute atomic E-state index is 11.6. The molecular weight excluding hydrogens is 234 g/mol. The molecule has 0 spiro atoms. The molecule has 0 radical (unpaired) electrons.